The van der Waals surface area contributed by atoms with Crippen molar-refractivity contribution in [2.75, 3.05) is 11.9 Å². The first-order valence-electron chi connectivity index (χ1n) is 8.82. The number of amides is 1. The maximum absolute atomic E-state index is 13.2. The SMILES string of the molecule is CC(C)(Cc1ccc(F)cc1Cl)NCC(O)[C@@H]1Oc2ccc(O)cc2NC1=O. The van der Waals surface area contributed by atoms with Gasteiger partial charge in [-0.2, -0.15) is 0 Å². The number of aromatic hydroxyl groups is 1. The predicted molar refractivity (Wildman–Crippen MR) is 104 cm³/mol. The van der Waals surface area contributed by atoms with Crippen LogP contribution in [-0.2, 0) is 11.2 Å². The van der Waals surface area contributed by atoms with Gasteiger partial charge in [0.05, 0.1) is 5.69 Å². The first-order chi connectivity index (χ1) is 13.1. The standard InChI is InChI=1S/C20H22ClFN2O4/c1-20(2,9-11-3-4-12(22)7-14(11)21)23-10-16(26)18-19(27)24-15-8-13(25)5-6-17(15)28-18/h3-8,16,18,23,25-26H,9-10H2,1-2H3,(H,24,27)/t16?,18-/m0/s1. The second-order valence-electron chi connectivity index (χ2n) is 7.45. The molecule has 8 heteroatoms. The molecule has 1 aliphatic rings. The first kappa shape index (κ1) is 20.4. The molecule has 0 fully saturated rings. The molecule has 0 spiro atoms. The number of carbonyl (C=O) groups excluding carboxylic acids is 1. The number of hydrogen-bond acceptors (Lipinski definition) is 5. The Labute approximate surface area is 167 Å². The fourth-order valence-corrected chi connectivity index (χ4v) is 3.29. The molecule has 1 amide bonds. The fourth-order valence-electron chi connectivity index (χ4n) is 3.06. The third kappa shape index (κ3) is 4.73. The molecule has 4 N–H and O–H groups in total. The molecule has 150 valence electrons. The summed E-state index contributed by atoms with van der Waals surface area (Å²) in [6.45, 7) is 3.93. The number of anilines is 1. The van der Waals surface area contributed by atoms with Gasteiger partial charge in [-0.1, -0.05) is 17.7 Å². The molecule has 1 unspecified atom stereocenters. The van der Waals surface area contributed by atoms with Gasteiger partial charge in [0.15, 0.2) is 0 Å². The van der Waals surface area contributed by atoms with Gasteiger partial charge in [-0.05, 0) is 50.1 Å². The Morgan fingerprint density at radius 1 is 1.32 bits per heavy atom. The van der Waals surface area contributed by atoms with E-state index in [2.05, 4.69) is 10.6 Å². The summed E-state index contributed by atoms with van der Waals surface area (Å²) >= 11 is 6.09. The average molecular weight is 409 g/mol. The van der Waals surface area contributed by atoms with Crippen molar-refractivity contribution in [2.24, 2.45) is 0 Å². The molecule has 2 atom stereocenters. The topological polar surface area (TPSA) is 90.8 Å². The Bertz CT molecular complexity index is 891. The summed E-state index contributed by atoms with van der Waals surface area (Å²) in [6.07, 6.45) is -1.70. The third-order valence-corrected chi connectivity index (χ3v) is 4.87. The number of hydrogen-bond donors (Lipinski definition) is 4. The van der Waals surface area contributed by atoms with Crippen molar-refractivity contribution < 1.29 is 24.1 Å². The largest absolute Gasteiger partial charge is 0.508 e. The van der Waals surface area contributed by atoms with E-state index in [1.54, 1.807) is 6.07 Å². The van der Waals surface area contributed by atoms with Crippen LogP contribution in [0.4, 0.5) is 10.1 Å². The molecule has 1 aliphatic heterocycles. The summed E-state index contributed by atoms with van der Waals surface area (Å²) in [5, 5.41) is 26.1. The highest BCUT2D eigenvalue weighted by molar-refractivity contribution is 6.31. The molecule has 28 heavy (non-hydrogen) atoms. The summed E-state index contributed by atoms with van der Waals surface area (Å²) in [5.41, 5.74) is 0.653. The molecular weight excluding hydrogens is 387 g/mol. The van der Waals surface area contributed by atoms with Crippen molar-refractivity contribution in [3.63, 3.8) is 0 Å². The zero-order valence-electron chi connectivity index (χ0n) is 15.5. The minimum atomic E-state index is -1.11. The number of β-amino-alcohol motifs (C(OH)–C–C–N with tert-alkyl or cyclic N) is 1. The number of aliphatic hydroxyl groups excluding tert-OH is 1. The van der Waals surface area contributed by atoms with E-state index < -0.39 is 29.5 Å². The minimum Gasteiger partial charge on any atom is -0.508 e. The number of phenolic OH excluding ortho intramolecular Hbond substituents is 1. The summed E-state index contributed by atoms with van der Waals surface area (Å²) < 4.78 is 18.8. The maximum atomic E-state index is 13.2. The molecule has 0 radical (unpaired) electrons. The van der Waals surface area contributed by atoms with E-state index in [1.807, 2.05) is 13.8 Å². The van der Waals surface area contributed by atoms with Crippen molar-refractivity contribution in [2.45, 2.75) is 38.0 Å². The lowest BCUT2D eigenvalue weighted by molar-refractivity contribution is -0.128. The van der Waals surface area contributed by atoms with Gasteiger partial charge in [-0.15, -0.1) is 0 Å². The van der Waals surface area contributed by atoms with E-state index in [0.717, 1.165) is 5.56 Å². The highest BCUT2D eigenvalue weighted by Gasteiger charge is 2.34. The molecule has 0 saturated heterocycles. The van der Waals surface area contributed by atoms with Gasteiger partial charge < -0.3 is 25.6 Å². The van der Waals surface area contributed by atoms with Crippen LogP contribution in [0.25, 0.3) is 0 Å². The van der Waals surface area contributed by atoms with E-state index in [4.69, 9.17) is 16.3 Å². The summed E-state index contributed by atoms with van der Waals surface area (Å²) in [6, 6.07) is 8.58. The molecule has 6 nitrogen and oxygen atoms in total. The number of halogens is 2. The van der Waals surface area contributed by atoms with Crippen LogP contribution in [0.5, 0.6) is 11.5 Å². The minimum absolute atomic E-state index is 0.00418. The predicted octanol–water partition coefficient (Wildman–Crippen LogP) is 2.86. The average Bonchev–Trinajstić information content (AvgIpc) is 2.61. The number of benzene rings is 2. The number of aliphatic hydroxyl groups is 1. The van der Waals surface area contributed by atoms with Crippen molar-refractivity contribution in [1.29, 1.82) is 0 Å². The summed E-state index contributed by atoms with van der Waals surface area (Å²) in [5.74, 6) is -0.515. The second-order valence-corrected chi connectivity index (χ2v) is 7.86. The van der Waals surface area contributed by atoms with E-state index in [-0.39, 0.29) is 12.3 Å². The van der Waals surface area contributed by atoms with E-state index >= 15 is 0 Å². The lowest BCUT2D eigenvalue weighted by Gasteiger charge is -2.32. The van der Waals surface area contributed by atoms with Crippen LogP contribution in [0.1, 0.15) is 19.4 Å². The number of fused-ring (bicyclic) bond motifs is 1. The van der Waals surface area contributed by atoms with Crippen molar-refractivity contribution >= 4 is 23.2 Å². The number of rotatable bonds is 6. The van der Waals surface area contributed by atoms with Gasteiger partial charge in [-0.3, -0.25) is 4.79 Å². The van der Waals surface area contributed by atoms with Crippen molar-refractivity contribution in [3.05, 3.63) is 52.8 Å². The van der Waals surface area contributed by atoms with E-state index in [0.29, 0.717) is 22.9 Å². The Balaban J connectivity index is 1.62. The van der Waals surface area contributed by atoms with Crippen molar-refractivity contribution in [1.82, 2.24) is 5.32 Å². The van der Waals surface area contributed by atoms with Gasteiger partial charge >= 0.3 is 0 Å². The van der Waals surface area contributed by atoms with Crippen LogP contribution < -0.4 is 15.4 Å². The van der Waals surface area contributed by atoms with E-state index in [9.17, 15) is 19.4 Å². The lowest BCUT2D eigenvalue weighted by Crippen LogP contribution is -2.53. The molecule has 0 saturated carbocycles. The van der Waals surface area contributed by atoms with Gasteiger partial charge in [0.2, 0.25) is 6.10 Å². The highest BCUT2D eigenvalue weighted by atomic mass is 35.5. The molecule has 1 heterocycles. The van der Waals surface area contributed by atoms with Crippen LogP contribution >= 0.6 is 11.6 Å². The van der Waals surface area contributed by atoms with Crippen LogP contribution in [0.3, 0.4) is 0 Å². The Hall–Kier alpha value is -2.35. The van der Waals surface area contributed by atoms with E-state index in [1.165, 1.54) is 30.3 Å². The summed E-state index contributed by atoms with van der Waals surface area (Å²) in [4.78, 5) is 12.2. The smallest absolute Gasteiger partial charge is 0.268 e. The molecule has 0 aliphatic carbocycles. The van der Waals surface area contributed by atoms with Crippen LogP contribution in [0.2, 0.25) is 5.02 Å². The number of phenols is 1. The van der Waals surface area contributed by atoms with Gasteiger partial charge in [0.1, 0.15) is 23.4 Å². The molecule has 2 aromatic rings. The second kappa shape index (κ2) is 7.95. The molecule has 3 rings (SSSR count). The van der Waals surface area contributed by atoms with Gasteiger partial charge in [0.25, 0.3) is 5.91 Å². The highest BCUT2D eigenvalue weighted by Crippen LogP contribution is 2.33. The van der Waals surface area contributed by atoms with Crippen molar-refractivity contribution in [3.8, 4) is 11.5 Å². The molecule has 0 aromatic heterocycles. The molecule has 2 aromatic carbocycles. The monoisotopic (exact) mass is 408 g/mol. The number of nitrogens with one attached hydrogen (secondary N) is 2. The quantitative estimate of drug-likeness (QED) is 0.590. The maximum Gasteiger partial charge on any atom is 0.268 e. The zero-order chi connectivity index (χ0) is 20.5. The summed E-state index contributed by atoms with van der Waals surface area (Å²) in [7, 11) is 0. The zero-order valence-corrected chi connectivity index (χ0v) is 16.3. The normalized spacial score (nSPS) is 17.5. The van der Waals surface area contributed by atoms with Crippen LogP contribution in [-0.4, -0.2) is 40.4 Å². The van der Waals surface area contributed by atoms with Crippen LogP contribution in [0, 0.1) is 5.82 Å². The molecule has 0 bridgehead atoms. The van der Waals surface area contributed by atoms with Gasteiger partial charge in [0, 0.05) is 23.2 Å². The fraction of sp³-hybridized carbons (Fsp3) is 0.350. The van der Waals surface area contributed by atoms with Gasteiger partial charge in [-0.25, -0.2) is 4.39 Å². The Morgan fingerprint density at radius 2 is 2.07 bits per heavy atom. The molecular formula is C20H22ClFN2O4. The number of carbonyl (C=O) groups is 1. The lowest BCUT2D eigenvalue weighted by atomic mass is 9.94. The Morgan fingerprint density at radius 3 is 2.79 bits per heavy atom. The van der Waals surface area contributed by atoms with Crippen LogP contribution in [0.15, 0.2) is 36.4 Å². The Kier molecular flexibility index (Phi) is 5.79. The number of ether oxygens (including phenoxy) is 1. The first-order valence-corrected chi connectivity index (χ1v) is 9.20. The third-order valence-electron chi connectivity index (χ3n) is 4.52.